The van der Waals surface area contributed by atoms with Gasteiger partial charge < -0.3 is 9.47 Å². The average molecular weight is 355 g/mol. The topological polar surface area (TPSA) is 63.9 Å². The van der Waals surface area contributed by atoms with E-state index < -0.39 is 0 Å². The van der Waals surface area contributed by atoms with Crippen LogP contribution in [0.5, 0.6) is 0 Å². The molecule has 0 aliphatic carbocycles. The minimum absolute atomic E-state index is 0.168. The van der Waals surface area contributed by atoms with Crippen LogP contribution in [-0.4, -0.2) is 49.4 Å². The zero-order valence-corrected chi connectivity index (χ0v) is 15.3. The standard InChI is InChI=1S/C18H21N5OS/c1-12-6-7-14-13(10-12)16-17(22(14)2)19-18(21-20-16)25-11-15(24)23-8-4-3-5-9-23/h6-7,10H,3-5,8-9,11H2,1-2H3. The number of carbonyl (C=O) groups is 1. The first-order valence-corrected chi connectivity index (χ1v) is 9.62. The van der Waals surface area contributed by atoms with Crippen LogP contribution in [0.25, 0.3) is 22.1 Å². The van der Waals surface area contributed by atoms with Gasteiger partial charge in [-0.15, -0.1) is 10.2 Å². The Morgan fingerprint density at radius 2 is 2.00 bits per heavy atom. The second-order valence-electron chi connectivity index (χ2n) is 6.58. The summed E-state index contributed by atoms with van der Waals surface area (Å²) in [5, 5.41) is 10.2. The van der Waals surface area contributed by atoms with E-state index in [1.54, 1.807) is 0 Å². The lowest BCUT2D eigenvalue weighted by Gasteiger charge is -2.26. The SMILES string of the molecule is Cc1ccc2c(c1)c1nnc(SCC(=O)N3CCCCC3)nc1n2C. The summed E-state index contributed by atoms with van der Waals surface area (Å²) in [5.74, 6) is 0.539. The van der Waals surface area contributed by atoms with Crippen LogP contribution in [-0.2, 0) is 11.8 Å². The van der Waals surface area contributed by atoms with Crippen molar-refractivity contribution in [2.75, 3.05) is 18.8 Å². The lowest BCUT2D eigenvalue weighted by atomic mass is 10.1. The van der Waals surface area contributed by atoms with E-state index in [4.69, 9.17) is 0 Å². The van der Waals surface area contributed by atoms with Crippen molar-refractivity contribution in [1.29, 1.82) is 0 Å². The lowest BCUT2D eigenvalue weighted by molar-refractivity contribution is -0.129. The largest absolute Gasteiger partial charge is 0.342 e. The van der Waals surface area contributed by atoms with Gasteiger partial charge in [0.25, 0.3) is 0 Å². The highest BCUT2D eigenvalue weighted by Gasteiger charge is 2.18. The Bertz CT molecular complexity index is 945. The second kappa shape index (κ2) is 6.63. The number of likely N-dealkylation sites (tertiary alicyclic amines) is 1. The van der Waals surface area contributed by atoms with Crippen LogP contribution in [0.15, 0.2) is 23.4 Å². The van der Waals surface area contributed by atoms with Crippen molar-refractivity contribution in [2.45, 2.75) is 31.3 Å². The van der Waals surface area contributed by atoms with E-state index in [1.807, 2.05) is 16.5 Å². The molecule has 3 aromatic rings. The number of benzene rings is 1. The third-order valence-electron chi connectivity index (χ3n) is 4.77. The second-order valence-corrected chi connectivity index (χ2v) is 7.52. The summed E-state index contributed by atoms with van der Waals surface area (Å²) >= 11 is 1.37. The highest BCUT2D eigenvalue weighted by Crippen LogP contribution is 2.27. The molecule has 1 aromatic carbocycles. The number of piperidine rings is 1. The van der Waals surface area contributed by atoms with Crippen molar-refractivity contribution in [3.8, 4) is 0 Å². The first-order chi connectivity index (χ1) is 12.1. The molecule has 0 unspecified atom stereocenters. The molecule has 0 N–H and O–H groups in total. The number of hydrogen-bond donors (Lipinski definition) is 0. The number of aryl methyl sites for hydroxylation is 2. The van der Waals surface area contributed by atoms with Crippen LogP contribution in [0, 0.1) is 6.92 Å². The fraction of sp³-hybridized carbons (Fsp3) is 0.444. The van der Waals surface area contributed by atoms with Gasteiger partial charge in [0.15, 0.2) is 5.65 Å². The van der Waals surface area contributed by atoms with Gasteiger partial charge in [-0.25, -0.2) is 4.98 Å². The van der Waals surface area contributed by atoms with Crippen LogP contribution in [0.1, 0.15) is 24.8 Å². The molecular weight excluding hydrogens is 334 g/mol. The van der Waals surface area contributed by atoms with Crippen molar-refractivity contribution in [3.63, 3.8) is 0 Å². The number of nitrogens with zero attached hydrogens (tertiary/aromatic N) is 5. The highest BCUT2D eigenvalue weighted by molar-refractivity contribution is 7.99. The van der Waals surface area contributed by atoms with E-state index >= 15 is 0 Å². The maximum absolute atomic E-state index is 12.3. The quantitative estimate of drug-likeness (QED) is 0.676. The van der Waals surface area contributed by atoms with E-state index in [9.17, 15) is 4.79 Å². The van der Waals surface area contributed by atoms with E-state index in [0.29, 0.717) is 10.9 Å². The number of aromatic nitrogens is 4. The summed E-state index contributed by atoms with van der Waals surface area (Å²) in [6.07, 6.45) is 3.44. The molecule has 130 valence electrons. The number of amides is 1. The van der Waals surface area contributed by atoms with Crippen LogP contribution in [0.3, 0.4) is 0 Å². The molecule has 0 bridgehead atoms. The zero-order valence-electron chi connectivity index (χ0n) is 14.5. The third kappa shape index (κ3) is 3.08. The molecule has 1 fully saturated rings. The van der Waals surface area contributed by atoms with Gasteiger partial charge in [0.05, 0.1) is 11.3 Å². The molecule has 4 rings (SSSR count). The van der Waals surface area contributed by atoms with E-state index in [2.05, 4.69) is 40.3 Å². The van der Waals surface area contributed by atoms with Crippen LogP contribution in [0.2, 0.25) is 0 Å². The Morgan fingerprint density at radius 3 is 2.80 bits per heavy atom. The Balaban J connectivity index is 1.57. The normalized spacial score (nSPS) is 15.2. The van der Waals surface area contributed by atoms with Crippen molar-refractivity contribution >= 4 is 39.7 Å². The van der Waals surface area contributed by atoms with Gasteiger partial charge in [0.2, 0.25) is 11.1 Å². The molecule has 7 heteroatoms. The summed E-state index contributed by atoms with van der Waals surface area (Å²) in [4.78, 5) is 18.9. The van der Waals surface area contributed by atoms with Crippen LogP contribution >= 0.6 is 11.8 Å². The molecular formula is C18H21N5OS. The lowest BCUT2D eigenvalue weighted by Crippen LogP contribution is -2.36. The molecule has 25 heavy (non-hydrogen) atoms. The van der Waals surface area contributed by atoms with Gasteiger partial charge in [-0.05, 0) is 38.3 Å². The Labute approximate surface area is 150 Å². The molecule has 1 aliphatic heterocycles. The monoisotopic (exact) mass is 355 g/mol. The molecule has 2 aromatic heterocycles. The summed E-state index contributed by atoms with van der Waals surface area (Å²) in [7, 11) is 1.99. The first kappa shape index (κ1) is 16.3. The number of thioether (sulfide) groups is 1. The molecule has 0 saturated carbocycles. The predicted octanol–water partition coefficient (Wildman–Crippen LogP) is 2.93. The summed E-state index contributed by atoms with van der Waals surface area (Å²) in [6, 6.07) is 6.28. The van der Waals surface area contributed by atoms with Gasteiger partial charge in [-0.1, -0.05) is 23.4 Å². The fourth-order valence-electron chi connectivity index (χ4n) is 3.38. The van der Waals surface area contributed by atoms with Gasteiger partial charge in [0, 0.05) is 25.5 Å². The summed E-state index contributed by atoms with van der Waals surface area (Å²) in [6.45, 7) is 3.82. The van der Waals surface area contributed by atoms with Gasteiger partial charge in [-0.2, -0.15) is 0 Å². The maximum atomic E-state index is 12.3. The third-order valence-corrected chi connectivity index (χ3v) is 5.59. The van der Waals surface area contributed by atoms with Crippen molar-refractivity contribution in [2.24, 2.45) is 7.05 Å². The van der Waals surface area contributed by atoms with Crippen molar-refractivity contribution in [3.05, 3.63) is 23.8 Å². The molecule has 0 atom stereocenters. The average Bonchev–Trinajstić information content (AvgIpc) is 2.92. The van der Waals surface area contributed by atoms with E-state index in [1.165, 1.54) is 23.7 Å². The fourth-order valence-corrected chi connectivity index (χ4v) is 4.06. The Kier molecular flexibility index (Phi) is 4.33. The van der Waals surface area contributed by atoms with Crippen molar-refractivity contribution < 1.29 is 4.79 Å². The summed E-state index contributed by atoms with van der Waals surface area (Å²) in [5.41, 5.74) is 3.90. The van der Waals surface area contributed by atoms with Gasteiger partial charge in [-0.3, -0.25) is 4.79 Å². The Hall–Kier alpha value is -2.15. The minimum atomic E-state index is 0.168. The van der Waals surface area contributed by atoms with Gasteiger partial charge >= 0.3 is 0 Å². The van der Waals surface area contributed by atoms with E-state index in [0.717, 1.165) is 48.0 Å². The maximum Gasteiger partial charge on any atom is 0.233 e. The van der Waals surface area contributed by atoms with Crippen molar-refractivity contribution in [1.82, 2.24) is 24.6 Å². The molecule has 0 radical (unpaired) electrons. The van der Waals surface area contributed by atoms with Crippen LogP contribution < -0.4 is 0 Å². The number of hydrogen-bond acceptors (Lipinski definition) is 5. The predicted molar refractivity (Wildman–Crippen MR) is 99.7 cm³/mol. The molecule has 6 nitrogen and oxygen atoms in total. The van der Waals surface area contributed by atoms with E-state index in [-0.39, 0.29) is 5.91 Å². The highest BCUT2D eigenvalue weighted by atomic mass is 32.2. The molecule has 1 saturated heterocycles. The summed E-state index contributed by atoms with van der Waals surface area (Å²) < 4.78 is 2.04. The molecule has 0 spiro atoms. The van der Waals surface area contributed by atoms with Gasteiger partial charge in [0.1, 0.15) is 5.52 Å². The number of rotatable bonds is 3. The Morgan fingerprint density at radius 1 is 1.20 bits per heavy atom. The molecule has 3 heterocycles. The number of carbonyl (C=O) groups excluding carboxylic acids is 1. The molecule has 1 amide bonds. The zero-order chi connectivity index (χ0) is 17.4. The smallest absolute Gasteiger partial charge is 0.233 e. The molecule has 1 aliphatic rings. The number of fused-ring (bicyclic) bond motifs is 3. The minimum Gasteiger partial charge on any atom is -0.342 e. The van der Waals surface area contributed by atoms with Crippen LogP contribution in [0.4, 0.5) is 0 Å². The first-order valence-electron chi connectivity index (χ1n) is 8.63.